The van der Waals surface area contributed by atoms with Crippen molar-refractivity contribution in [3.05, 3.63) is 87.0 Å². The van der Waals surface area contributed by atoms with Crippen LogP contribution in [0.5, 0.6) is 0 Å². The van der Waals surface area contributed by atoms with E-state index in [-0.39, 0.29) is 5.56 Å². The molecule has 5 rings (SSSR count). The summed E-state index contributed by atoms with van der Waals surface area (Å²) in [5, 5.41) is 10.3. The number of pyridine rings is 1. The zero-order chi connectivity index (χ0) is 22.1. The summed E-state index contributed by atoms with van der Waals surface area (Å²) in [6.07, 6.45) is 3.53. The molecule has 0 radical (unpaired) electrons. The number of hydrogen-bond donors (Lipinski definition) is 1. The molecule has 1 N–H and O–H groups in total. The molecule has 1 aromatic carbocycles. The lowest BCUT2D eigenvalue weighted by Gasteiger charge is -2.10. The van der Waals surface area contributed by atoms with Crippen molar-refractivity contribution in [2.24, 2.45) is 0 Å². The molecular formula is C23H20N6OS2. The van der Waals surface area contributed by atoms with E-state index in [4.69, 9.17) is 0 Å². The maximum atomic E-state index is 12.6. The number of thioether (sulfide) groups is 1. The van der Waals surface area contributed by atoms with Gasteiger partial charge in [0.2, 0.25) is 0 Å². The fraction of sp³-hybridized carbons (Fsp3) is 0.174. The van der Waals surface area contributed by atoms with Crippen molar-refractivity contribution in [1.29, 1.82) is 0 Å². The average molecular weight is 461 g/mol. The third-order valence-corrected chi connectivity index (χ3v) is 7.33. The van der Waals surface area contributed by atoms with Crippen LogP contribution in [-0.2, 0) is 12.3 Å². The number of aromatic nitrogens is 6. The minimum absolute atomic E-state index is 0.0887. The van der Waals surface area contributed by atoms with Crippen LogP contribution in [0.4, 0.5) is 0 Å². The topological polar surface area (TPSA) is 89.3 Å². The molecule has 0 aliphatic heterocycles. The summed E-state index contributed by atoms with van der Waals surface area (Å²) in [6.45, 7) is 4.61. The molecule has 0 spiro atoms. The van der Waals surface area contributed by atoms with Gasteiger partial charge in [-0.05, 0) is 37.1 Å². The van der Waals surface area contributed by atoms with Gasteiger partial charge in [0.1, 0.15) is 10.7 Å². The van der Waals surface area contributed by atoms with Crippen LogP contribution in [0.25, 0.3) is 21.6 Å². The molecule has 0 aliphatic rings. The molecule has 32 heavy (non-hydrogen) atoms. The Labute approximate surface area is 192 Å². The molecule has 5 aromatic rings. The van der Waals surface area contributed by atoms with Gasteiger partial charge in [0.15, 0.2) is 11.0 Å². The van der Waals surface area contributed by atoms with Crippen LogP contribution in [0.3, 0.4) is 0 Å². The fourth-order valence-electron chi connectivity index (χ4n) is 3.51. The van der Waals surface area contributed by atoms with E-state index in [0.717, 1.165) is 37.4 Å². The van der Waals surface area contributed by atoms with Crippen LogP contribution >= 0.6 is 23.1 Å². The van der Waals surface area contributed by atoms with Crippen LogP contribution in [0.1, 0.15) is 21.8 Å². The zero-order valence-electron chi connectivity index (χ0n) is 17.6. The standard InChI is InChI=1S/C23H20N6OS2/c1-14-15(2)32-22-19(14)21(30)25-18(26-22)13-31-23-28-27-20(17-9-6-10-24-11-17)29(23)12-16-7-4-3-5-8-16/h3-11H,12-13H2,1-2H3,(H,25,26,30). The van der Waals surface area contributed by atoms with Gasteiger partial charge in [0.25, 0.3) is 5.56 Å². The van der Waals surface area contributed by atoms with E-state index in [1.54, 1.807) is 23.7 Å². The summed E-state index contributed by atoms with van der Waals surface area (Å²) in [5.41, 5.74) is 2.97. The zero-order valence-corrected chi connectivity index (χ0v) is 19.2. The smallest absolute Gasteiger partial charge is 0.259 e. The lowest BCUT2D eigenvalue weighted by molar-refractivity contribution is 0.714. The van der Waals surface area contributed by atoms with E-state index in [9.17, 15) is 4.79 Å². The SMILES string of the molecule is Cc1sc2nc(CSc3nnc(-c4cccnc4)n3Cc3ccccc3)[nH]c(=O)c2c1C. The normalized spacial score (nSPS) is 11.3. The monoisotopic (exact) mass is 460 g/mol. The molecule has 9 heteroatoms. The highest BCUT2D eigenvalue weighted by Gasteiger charge is 2.17. The van der Waals surface area contributed by atoms with Crippen molar-refractivity contribution < 1.29 is 0 Å². The highest BCUT2D eigenvalue weighted by atomic mass is 32.2. The molecule has 0 aliphatic carbocycles. The first-order valence-corrected chi connectivity index (χ1v) is 11.9. The van der Waals surface area contributed by atoms with E-state index >= 15 is 0 Å². The second-order valence-electron chi connectivity index (χ2n) is 7.38. The van der Waals surface area contributed by atoms with Crippen LogP contribution in [-0.4, -0.2) is 29.7 Å². The lowest BCUT2D eigenvalue weighted by Crippen LogP contribution is -2.11. The van der Waals surface area contributed by atoms with Crippen LogP contribution in [0, 0.1) is 13.8 Å². The molecule has 0 saturated heterocycles. The number of aromatic amines is 1. The number of benzene rings is 1. The predicted octanol–water partition coefficient (Wildman–Crippen LogP) is 4.60. The van der Waals surface area contributed by atoms with Gasteiger partial charge in [-0.2, -0.15) is 0 Å². The molecular weight excluding hydrogens is 440 g/mol. The molecule has 0 saturated carbocycles. The van der Waals surface area contributed by atoms with Crippen LogP contribution < -0.4 is 5.56 Å². The fourth-order valence-corrected chi connectivity index (χ4v) is 5.37. The molecule has 0 atom stereocenters. The summed E-state index contributed by atoms with van der Waals surface area (Å²) >= 11 is 3.06. The number of nitrogens with zero attached hydrogens (tertiary/aromatic N) is 5. The number of rotatable bonds is 6. The third-order valence-electron chi connectivity index (χ3n) is 5.25. The summed E-state index contributed by atoms with van der Waals surface area (Å²) in [5.74, 6) is 1.87. The highest BCUT2D eigenvalue weighted by Crippen LogP contribution is 2.29. The largest absolute Gasteiger partial charge is 0.309 e. The van der Waals surface area contributed by atoms with Crippen molar-refractivity contribution in [1.82, 2.24) is 29.7 Å². The summed E-state index contributed by atoms with van der Waals surface area (Å²) in [4.78, 5) is 26.3. The quantitative estimate of drug-likeness (QED) is 0.373. The molecule has 4 heterocycles. The number of H-pyrrole nitrogens is 1. The maximum absolute atomic E-state index is 12.6. The van der Waals surface area contributed by atoms with E-state index in [2.05, 4.69) is 41.8 Å². The lowest BCUT2D eigenvalue weighted by atomic mass is 10.2. The number of thiophene rings is 1. The van der Waals surface area contributed by atoms with Crippen molar-refractivity contribution in [3.63, 3.8) is 0 Å². The van der Waals surface area contributed by atoms with E-state index < -0.39 is 0 Å². The van der Waals surface area contributed by atoms with Crippen molar-refractivity contribution in [2.45, 2.75) is 31.3 Å². The molecule has 0 bridgehead atoms. The highest BCUT2D eigenvalue weighted by molar-refractivity contribution is 7.98. The number of aryl methyl sites for hydroxylation is 2. The first-order chi connectivity index (χ1) is 15.6. The Morgan fingerprint density at radius 1 is 1.09 bits per heavy atom. The molecule has 0 unspecified atom stereocenters. The predicted molar refractivity (Wildman–Crippen MR) is 128 cm³/mol. The van der Waals surface area contributed by atoms with Gasteiger partial charge in [-0.25, -0.2) is 4.98 Å². The summed E-state index contributed by atoms with van der Waals surface area (Å²) in [7, 11) is 0. The summed E-state index contributed by atoms with van der Waals surface area (Å²) < 4.78 is 2.08. The van der Waals surface area contributed by atoms with Gasteiger partial charge in [-0.1, -0.05) is 42.1 Å². The van der Waals surface area contributed by atoms with Gasteiger partial charge < -0.3 is 4.98 Å². The molecule has 160 valence electrons. The second-order valence-corrected chi connectivity index (χ2v) is 9.53. The van der Waals surface area contributed by atoms with Gasteiger partial charge in [0, 0.05) is 22.8 Å². The van der Waals surface area contributed by atoms with Gasteiger partial charge >= 0.3 is 0 Å². The summed E-state index contributed by atoms with van der Waals surface area (Å²) in [6, 6.07) is 14.1. The molecule has 0 fully saturated rings. The maximum Gasteiger partial charge on any atom is 0.259 e. The van der Waals surface area contributed by atoms with Gasteiger partial charge in [-0.15, -0.1) is 21.5 Å². The second kappa shape index (κ2) is 8.68. The number of fused-ring (bicyclic) bond motifs is 1. The van der Waals surface area contributed by atoms with Crippen molar-refractivity contribution in [3.8, 4) is 11.4 Å². The minimum atomic E-state index is -0.0887. The van der Waals surface area contributed by atoms with E-state index in [1.807, 2.05) is 44.2 Å². The Balaban J connectivity index is 1.48. The van der Waals surface area contributed by atoms with Gasteiger partial charge in [0.05, 0.1) is 17.7 Å². The third kappa shape index (κ3) is 3.96. The first kappa shape index (κ1) is 20.6. The van der Waals surface area contributed by atoms with E-state index in [1.165, 1.54) is 11.8 Å². The number of hydrogen-bond acceptors (Lipinski definition) is 7. The van der Waals surface area contributed by atoms with Crippen LogP contribution in [0.2, 0.25) is 0 Å². The molecule has 0 amide bonds. The Bertz CT molecular complexity index is 1440. The van der Waals surface area contributed by atoms with Crippen molar-refractivity contribution >= 4 is 33.3 Å². The van der Waals surface area contributed by atoms with Gasteiger partial charge in [-0.3, -0.25) is 14.3 Å². The molecule has 4 aromatic heterocycles. The minimum Gasteiger partial charge on any atom is -0.309 e. The van der Waals surface area contributed by atoms with E-state index in [0.29, 0.717) is 23.5 Å². The Kier molecular flexibility index (Phi) is 5.59. The Morgan fingerprint density at radius 2 is 1.94 bits per heavy atom. The van der Waals surface area contributed by atoms with Crippen LogP contribution in [0.15, 0.2) is 64.8 Å². The van der Waals surface area contributed by atoms with Crippen molar-refractivity contribution in [2.75, 3.05) is 0 Å². The Morgan fingerprint density at radius 3 is 2.72 bits per heavy atom. The first-order valence-electron chi connectivity index (χ1n) is 10.1. The average Bonchev–Trinajstić information content (AvgIpc) is 3.33. The Hall–Kier alpha value is -3.30. The number of nitrogens with one attached hydrogen (secondary N) is 1. The molecule has 7 nitrogen and oxygen atoms in total.